The van der Waals surface area contributed by atoms with Gasteiger partial charge in [0.1, 0.15) is 17.5 Å². The second-order valence-corrected chi connectivity index (χ2v) is 7.87. The van der Waals surface area contributed by atoms with Gasteiger partial charge >= 0.3 is 0 Å². The van der Waals surface area contributed by atoms with Crippen molar-refractivity contribution in [1.82, 2.24) is 5.01 Å². The topological polar surface area (TPSA) is 122 Å². The van der Waals surface area contributed by atoms with E-state index in [1.165, 1.54) is 30.5 Å². The summed E-state index contributed by atoms with van der Waals surface area (Å²) < 4.78 is 5.28. The van der Waals surface area contributed by atoms with Gasteiger partial charge in [-0.05, 0) is 12.1 Å². The Morgan fingerprint density at radius 1 is 1.09 bits per heavy atom. The molecule has 2 aromatic rings. The number of nitro benzene ring substituents is 1. The highest BCUT2D eigenvalue weighted by molar-refractivity contribution is 6.25. The maximum absolute atomic E-state index is 13.7. The van der Waals surface area contributed by atoms with Crippen LogP contribution in [-0.2, 0) is 9.59 Å². The molecule has 0 aromatic heterocycles. The fraction of sp³-hybridized carbons (Fsp3) is 0.217. The Labute approximate surface area is 187 Å². The number of allylic oxidation sites excluding steroid dienone is 1. The number of non-ortho nitro benzene ring substituents is 1. The van der Waals surface area contributed by atoms with Crippen molar-refractivity contribution >= 4 is 35.2 Å². The van der Waals surface area contributed by atoms with Gasteiger partial charge in [0.25, 0.3) is 5.69 Å². The number of carbonyl (C=O) groups excluding carboxylic acids is 3. The monoisotopic (exact) mass is 446 g/mol. The number of ketones is 1. The highest BCUT2D eigenvalue weighted by Gasteiger charge is 2.64. The first kappa shape index (κ1) is 20.6. The van der Waals surface area contributed by atoms with E-state index in [1.54, 1.807) is 42.5 Å². The van der Waals surface area contributed by atoms with E-state index in [0.717, 1.165) is 11.0 Å². The molecule has 3 aliphatic rings. The molecule has 2 amide bonds. The summed E-state index contributed by atoms with van der Waals surface area (Å²) in [6, 6.07) is 10.6. The molecule has 2 fully saturated rings. The average Bonchev–Trinajstić information content (AvgIpc) is 3.31. The molecule has 0 N–H and O–H groups in total. The van der Waals surface area contributed by atoms with Crippen LogP contribution in [0.4, 0.5) is 11.4 Å². The Morgan fingerprint density at radius 3 is 2.52 bits per heavy atom. The summed E-state index contributed by atoms with van der Waals surface area (Å²) in [6.07, 6.45) is 4.92. The lowest BCUT2D eigenvalue weighted by molar-refractivity contribution is -0.384. The Balaban J connectivity index is 1.61. The molecule has 0 radical (unpaired) electrons. The molecule has 3 heterocycles. The molecule has 10 nitrogen and oxygen atoms in total. The number of hydrogen-bond acceptors (Lipinski definition) is 8. The number of amides is 2. The van der Waals surface area contributed by atoms with Gasteiger partial charge in [0, 0.05) is 23.9 Å². The van der Waals surface area contributed by atoms with Gasteiger partial charge < -0.3 is 4.74 Å². The van der Waals surface area contributed by atoms with Crippen molar-refractivity contribution < 1.29 is 24.0 Å². The largest absolute Gasteiger partial charge is 0.495 e. The normalized spacial score (nSPS) is 25.2. The Hall–Kier alpha value is -4.34. The molecule has 4 atom stereocenters. The van der Waals surface area contributed by atoms with Crippen LogP contribution in [0.25, 0.3) is 0 Å². The van der Waals surface area contributed by atoms with Crippen molar-refractivity contribution in [3.63, 3.8) is 0 Å². The van der Waals surface area contributed by atoms with E-state index < -0.39 is 40.7 Å². The number of nitro groups is 1. The zero-order valence-corrected chi connectivity index (χ0v) is 17.4. The van der Waals surface area contributed by atoms with Crippen LogP contribution in [0.3, 0.4) is 0 Å². The predicted molar refractivity (Wildman–Crippen MR) is 117 cm³/mol. The number of methoxy groups -OCH3 is 1. The first-order chi connectivity index (χ1) is 15.9. The van der Waals surface area contributed by atoms with Crippen LogP contribution in [0.15, 0.2) is 65.8 Å². The van der Waals surface area contributed by atoms with Gasteiger partial charge in [-0.25, -0.2) is 4.90 Å². The standard InChI is InChI=1S/C23H18N4O6/c1-33-17-10-9-14(27(31)32)12-16(17)25-22(29)18-15-8-5-11-24-26(15)20(19(18)23(25)30)21(28)13-6-3-2-4-7-13/h2-12,15,18-20H,1H3/t15-,18+,19-,20+/m1/s1. The van der Waals surface area contributed by atoms with Crippen molar-refractivity contribution in [3.8, 4) is 5.75 Å². The van der Waals surface area contributed by atoms with Crippen LogP contribution in [-0.4, -0.2) is 52.9 Å². The van der Waals surface area contributed by atoms with Gasteiger partial charge in [0.15, 0.2) is 5.78 Å². The lowest BCUT2D eigenvalue weighted by atomic mass is 9.86. The Bertz CT molecular complexity index is 1240. The average molecular weight is 446 g/mol. The number of carbonyl (C=O) groups is 3. The van der Waals surface area contributed by atoms with Gasteiger partial charge in [-0.3, -0.25) is 29.5 Å². The fourth-order valence-corrected chi connectivity index (χ4v) is 4.81. The SMILES string of the molecule is COc1ccc([N+](=O)[O-])cc1N1C(=O)[C@@H]2[C@@H](C1=O)[C@@H](C(=O)c1ccccc1)N1N=CC=C[C@H]21. The van der Waals surface area contributed by atoms with Crippen LogP contribution >= 0.6 is 0 Å². The minimum atomic E-state index is -1.00. The Morgan fingerprint density at radius 2 is 1.82 bits per heavy atom. The quantitative estimate of drug-likeness (QED) is 0.299. The van der Waals surface area contributed by atoms with Crippen LogP contribution < -0.4 is 9.64 Å². The molecule has 0 saturated carbocycles. The van der Waals surface area contributed by atoms with Crippen molar-refractivity contribution in [3.05, 3.63) is 76.4 Å². The van der Waals surface area contributed by atoms with Gasteiger partial charge in [0.05, 0.1) is 29.9 Å². The zero-order chi connectivity index (χ0) is 23.3. The molecule has 0 bridgehead atoms. The number of nitrogens with zero attached hydrogens (tertiary/aromatic N) is 4. The highest BCUT2D eigenvalue weighted by Crippen LogP contribution is 2.48. The number of imide groups is 1. The van der Waals surface area contributed by atoms with Crippen LogP contribution in [0.2, 0.25) is 0 Å². The highest BCUT2D eigenvalue weighted by atomic mass is 16.6. The lowest BCUT2D eigenvalue weighted by Gasteiger charge is -2.30. The molecule has 33 heavy (non-hydrogen) atoms. The molecule has 166 valence electrons. The molecule has 2 aromatic carbocycles. The van der Waals surface area contributed by atoms with Crippen LogP contribution in [0.1, 0.15) is 10.4 Å². The van der Waals surface area contributed by atoms with Crippen molar-refractivity contribution in [2.24, 2.45) is 16.9 Å². The molecular formula is C23H18N4O6. The first-order valence-electron chi connectivity index (χ1n) is 10.2. The Kier molecular flexibility index (Phi) is 4.77. The number of Topliss-reactive ketones (excluding diaryl/α,β-unsaturated/α-hetero) is 1. The minimum absolute atomic E-state index is 0.0168. The van der Waals surface area contributed by atoms with Crippen molar-refractivity contribution in [2.75, 3.05) is 12.0 Å². The molecule has 3 aliphatic heterocycles. The maximum Gasteiger partial charge on any atom is 0.271 e. The molecule has 0 aliphatic carbocycles. The van der Waals surface area contributed by atoms with E-state index in [-0.39, 0.29) is 22.9 Å². The zero-order valence-electron chi connectivity index (χ0n) is 17.4. The summed E-state index contributed by atoms with van der Waals surface area (Å²) >= 11 is 0. The predicted octanol–water partition coefficient (Wildman–Crippen LogP) is 2.20. The number of benzene rings is 2. The van der Waals surface area contributed by atoms with E-state index in [2.05, 4.69) is 5.10 Å². The first-order valence-corrected chi connectivity index (χ1v) is 10.2. The second-order valence-electron chi connectivity index (χ2n) is 7.87. The second kappa shape index (κ2) is 7.66. The molecular weight excluding hydrogens is 428 g/mol. The number of ether oxygens (including phenoxy) is 1. The van der Waals surface area contributed by atoms with E-state index in [9.17, 15) is 24.5 Å². The third-order valence-electron chi connectivity index (χ3n) is 6.23. The third-order valence-corrected chi connectivity index (χ3v) is 6.23. The van der Waals surface area contributed by atoms with E-state index in [0.29, 0.717) is 5.56 Å². The lowest BCUT2D eigenvalue weighted by Crippen LogP contribution is -2.46. The number of hydrazone groups is 1. The molecule has 5 rings (SSSR count). The summed E-state index contributed by atoms with van der Waals surface area (Å²) in [6.45, 7) is 0. The number of fused-ring (bicyclic) bond motifs is 3. The smallest absolute Gasteiger partial charge is 0.271 e. The van der Waals surface area contributed by atoms with Crippen molar-refractivity contribution in [1.29, 1.82) is 0 Å². The minimum Gasteiger partial charge on any atom is -0.495 e. The third kappa shape index (κ3) is 3.02. The van der Waals surface area contributed by atoms with Gasteiger partial charge in [-0.2, -0.15) is 5.10 Å². The molecule has 0 unspecified atom stereocenters. The molecule has 0 spiro atoms. The summed E-state index contributed by atoms with van der Waals surface area (Å²) in [4.78, 5) is 52.3. The number of anilines is 1. The van der Waals surface area contributed by atoms with Crippen LogP contribution in [0.5, 0.6) is 5.75 Å². The van der Waals surface area contributed by atoms with Gasteiger partial charge in [0.2, 0.25) is 11.8 Å². The molecule has 2 saturated heterocycles. The summed E-state index contributed by atoms with van der Waals surface area (Å²) in [5.74, 6) is -3.22. The van der Waals surface area contributed by atoms with E-state index in [4.69, 9.17) is 4.74 Å². The van der Waals surface area contributed by atoms with Gasteiger partial charge in [-0.1, -0.05) is 36.4 Å². The summed E-state index contributed by atoms with van der Waals surface area (Å²) in [5, 5.41) is 17.1. The summed E-state index contributed by atoms with van der Waals surface area (Å²) in [5.41, 5.74) is 0.0966. The fourth-order valence-electron chi connectivity index (χ4n) is 4.81. The maximum atomic E-state index is 13.7. The molecule has 10 heteroatoms. The van der Waals surface area contributed by atoms with E-state index in [1.807, 2.05) is 0 Å². The number of hydrogen-bond donors (Lipinski definition) is 0. The van der Waals surface area contributed by atoms with Crippen LogP contribution in [0, 0.1) is 22.0 Å². The summed E-state index contributed by atoms with van der Waals surface area (Å²) in [7, 11) is 1.35. The van der Waals surface area contributed by atoms with Crippen molar-refractivity contribution in [2.45, 2.75) is 12.1 Å². The number of rotatable bonds is 5. The van der Waals surface area contributed by atoms with E-state index >= 15 is 0 Å². The van der Waals surface area contributed by atoms with Gasteiger partial charge in [-0.15, -0.1) is 0 Å².